The van der Waals surface area contributed by atoms with Gasteiger partial charge in [0.2, 0.25) is 5.91 Å². The number of carbonyl (C=O) groups excluding carboxylic acids is 1. The lowest BCUT2D eigenvalue weighted by molar-refractivity contribution is -0.120. The Bertz CT molecular complexity index is 456. The van der Waals surface area contributed by atoms with Crippen molar-refractivity contribution in [3.05, 3.63) is 18.3 Å². The Hall–Kier alpha value is -1.62. The van der Waals surface area contributed by atoms with Gasteiger partial charge in [0.1, 0.15) is 5.82 Å². The van der Waals surface area contributed by atoms with Gasteiger partial charge in [0.15, 0.2) is 0 Å². The molecule has 1 aliphatic heterocycles. The second-order valence-corrected chi connectivity index (χ2v) is 5.64. The lowest BCUT2D eigenvalue weighted by atomic mass is 9.92. The van der Waals surface area contributed by atoms with E-state index in [-0.39, 0.29) is 11.8 Å². The summed E-state index contributed by atoms with van der Waals surface area (Å²) in [6.07, 6.45) is 3.55. The Kier molecular flexibility index (Phi) is 5.56. The number of piperidine rings is 1. The molecule has 2 rings (SSSR count). The minimum Gasteiger partial charge on any atom is -0.357 e. The first-order valence-electron chi connectivity index (χ1n) is 7.89. The largest absolute Gasteiger partial charge is 0.357 e. The smallest absolute Gasteiger partial charge is 0.227 e. The highest BCUT2D eigenvalue weighted by molar-refractivity contribution is 5.92. The molecule has 0 unspecified atom stereocenters. The molecular weight excluding hydrogens is 264 g/mol. The molecule has 1 fully saturated rings. The molecule has 0 radical (unpaired) electrons. The first-order chi connectivity index (χ1) is 10.1. The highest BCUT2D eigenvalue weighted by atomic mass is 16.1. The van der Waals surface area contributed by atoms with Crippen LogP contribution in [0.2, 0.25) is 0 Å². The second kappa shape index (κ2) is 7.41. The van der Waals surface area contributed by atoms with E-state index in [9.17, 15) is 4.79 Å². The van der Waals surface area contributed by atoms with Crippen molar-refractivity contribution >= 4 is 17.4 Å². The molecule has 2 heterocycles. The van der Waals surface area contributed by atoms with Gasteiger partial charge >= 0.3 is 0 Å². The summed E-state index contributed by atoms with van der Waals surface area (Å²) in [6, 6.07) is 4.31. The Morgan fingerprint density at radius 2 is 2.19 bits per heavy atom. The second-order valence-electron chi connectivity index (χ2n) is 5.64. The molecule has 116 valence electrons. The Labute approximate surface area is 127 Å². The third-order valence-corrected chi connectivity index (χ3v) is 4.10. The molecule has 0 aliphatic carbocycles. The zero-order valence-corrected chi connectivity index (χ0v) is 13.2. The number of nitrogens with zero attached hydrogens (tertiary/aromatic N) is 2. The molecule has 1 aliphatic rings. The van der Waals surface area contributed by atoms with E-state index in [0.717, 1.165) is 44.0 Å². The molecule has 1 aromatic heterocycles. The highest BCUT2D eigenvalue weighted by Crippen LogP contribution is 2.19. The van der Waals surface area contributed by atoms with Crippen LogP contribution in [-0.2, 0) is 4.79 Å². The van der Waals surface area contributed by atoms with E-state index in [4.69, 9.17) is 0 Å². The fraction of sp³-hybridized carbons (Fsp3) is 0.625. The number of nitrogens with one attached hydrogen (secondary N) is 2. The van der Waals surface area contributed by atoms with Gasteiger partial charge in [-0.25, -0.2) is 4.98 Å². The number of hydrogen-bond donors (Lipinski definition) is 2. The predicted molar refractivity (Wildman–Crippen MR) is 86.6 cm³/mol. The molecule has 5 nitrogen and oxygen atoms in total. The molecule has 1 amide bonds. The van der Waals surface area contributed by atoms with E-state index in [0.29, 0.717) is 6.04 Å². The molecule has 2 atom stereocenters. The standard InChI is InChI=1S/C16H26N4O/c1-4-20(5-2)15-7-6-14(11-18-15)19-16(21)13-8-9-17-12(3)10-13/h6-7,11-13,17H,4-5,8-10H2,1-3H3,(H,19,21)/t12-,13-/m0/s1. The third kappa shape index (κ3) is 4.17. The number of aromatic nitrogens is 1. The van der Waals surface area contributed by atoms with E-state index in [1.54, 1.807) is 6.20 Å². The SMILES string of the molecule is CCN(CC)c1ccc(NC(=O)[C@H]2CCN[C@@H](C)C2)cn1. The van der Waals surface area contributed by atoms with E-state index >= 15 is 0 Å². The maximum atomic E-state index is 12.3. The average molecular weight is 290 g/mol. The summed E-state index contributed by atoms with van der Waals surface area (Å²) in [4.78, 5) is 18.9. The number of rotatable bonds is 5. The fourth-order valence-corrected chi connectivity index (χ4v) is 2.81. The van der Waals surface area contributed by atoms with Gasteiger partial charge in [-0.15, -0.1) is 0 Å². The van der Waals surface area contributed by atoms with E-state index in [1.807, 2.05) is 12.1 Å². The van der Waals surface area contributed by atoms with E-state index in [2.05, 4.69) is 41.3 Å². The van der Waals surface area contributed by atoms with Gasteiger partial charge in [-0.1, -0.05) is 0 Å². The van der Waals surface area contributed by atoms with Gasteiger partial charge in [0.05, 0.1) is 11.9 Å². The molecule has 0 spiro atoms. The van der Waals surface area contributed by atoms with Gasteiger partial charge in [0, 0.05) is 25.0 Å². The Balaban J connectivity index is 1.95. The summed E-state index contributed by atoms with van der Waals surface area (Å²) in [5.74, 6) is 1.16. The van der Waals surface area contributed by atoms with Crippen molar-refractivity contribution in [1.82, 2.24) is 10.3 Å². The van der Waals surface area contributed by atoms with Gasteiger partial charge in [-0.2, -0.15) is 0 Å². The maximum absolute atomic E-state index is 12.3. The van der Waals surface area contributed by atoms with Crippen LogP contribution >= 0.6 is 0 Å². The minimum atomic E-state index is 0.101. The number of anilines is 2. The van der Waals surface area contributed by atoms with Crippen molar-refractivity contribution in [2.75, 3.05) is 29.9 Å². The molecule has 1 saturated heterocycles. The fourth-order valence-electron chi connectivity index (χ4n) is 2.81. The van der Waals surface area contributed by atoms with Crippen LogP contribution in [0.15, 0.2) is 18.3 Å². The average Bonchev–Trinajstić information content (AvgIpc) is 2.50. The van der Waals surface area contributed by atoms with Gasteiger partial charge in [-0.3, -0.25) is 4.79 Å². The van der Waals surface area contributed by atoms with Crippen molar-refractivity contribution < 1.29 is 4.79 Å². The zero-order valence-electron chi connectivity index (χ0n) is 13.2. The van der Waals surface area contributed by atoms with Gasteiger partial charge < -0.3 is 15.5 Å². The highest BCUT2D eigenvalue weighted by Gasteiger charge is 2.24. The Morgan fingerprint density at radius 1 is 1.43 bits per heavy atom. The van der Waals surface area contributed by atoms with Crippen LogP contribution in [0.1, 0.15) is 33.6 Å². The lowest BCUT2D eigenvalue weighted by Gasteiger charge is -2.27. The van der Waals surface area contributed by atoms with Crippen LogP contribution in [0.3, 0.4) is 0 Å². The quantitative estimate of drug-likeness (QED) is 0.873. The molecule has 2 N–H and O–H groups in total. The number of hydrogen-bond acceptors (Lipinski definition) is 4. The van der Waals surface area contributed by atoms with Crippen molar-refractivity contribution in [1.29, 1.82) is 0 Å². The van der Waals surface area contributed by atoms with E-state index < -0.39 is 0 Å². The zero-order chi connectivity index (χ0) is 15.2. The lowest BCUT2D eigenvalue weighted by Crippen LogP contribution is -2.40. The summed E-state index contributed by atoms with van der Waals surface area (Å²) >= 11 is 0. The van der Waals surface area contributed by atoms with Crippen LogP contribution in [-0.4, -0.2) is 36.6 Å². The number of pyridine rings is 1. The monoisotopic (exact) mass is 290 g/mol. The first-order valence-corrected chi connectivity index (χ1v) is 7.89. The van der Waals surface area contributed by atoms with E-state index in [1.165, 1.54) is 0 Å². The molecular formula is C16H26N4O. The topological polar surface area (TPSA) is 57.3 Å². The molecule has 1 aromatic rings. The van der Waals surface area contributed by atoms with Crippen molar-refractivity contribution in [3.63, 3.8) is 0 Å². The van der Waals surface area contributed by atoms with Crippen molar-refractivity contribution in [3.8, 4) is 0 Å². The Morgan fingerprint density at radius 3 is 2.76 bits per heavy atom. The van der Waals surface area contributed by atoms with Crippen LogP contribution in [0.4, 0.5) is 11.5 Å². The summed E-state index contributed by atoms with van der Waals surface area (Å²) in [5, 5.41) is 6.35. The normalized spacial score (nSPS) is 21.9. The summed E-state index contributed by atoms with van der Waals surface area (Å²) < 4.78 is 0. The summed E-state index contributed by atoms with van der Waals surface area (Å²) in [7, 11) is 0. The van der Waals surface area contributed by atoms with Gasteiger partial charge in [-0.05, 0) is 52.3 Å². The molecule has 0 saturated carbocycles. The summed E-state index contributed by atoms with van der Waals surface area (Å²) in [5.41, 5.74) is 0.780. The summed E-state index contributed by atoms with van der Waals surface area (Å²) in [6.45, 7) is 9.13. The van der Waals surface area contributed by atoms with Crippen LogP contribution in [0.5, 0.6) is 0 Å². The first kappa shape index (κ1) is 15.8. The molecule has 21 heavy (non-hydrogen) atoms. The molecule has 0 bridgehead atoms. The maximum Gasteiger partial charge on any atom is 0.227 e. The third-order valence-electron chi connectivity index (χ3n) is 4.10. The van der Waals surface area contributed by atoms with Gasteiger partial charge in [0.25, 0.3) is 0 Å². The van der Waals surface area contributed by atoms with Crippen molar-refractivity contribution in [2.45, 2.75) is 39.7 Å². The minimum absolute atomic E-state index is 0.101. The van der Waals surface area contributed by atoms with Crippen LogP contribution < -0.4 is 15.5 Å². The molecule has 5 heteroatoms. The van der Waals surface area contributed by atoms with Crippen LogP contribution in [0, 0.1) is 5.92 Å². The molecule has 0 aromatic carbocycles. The van der Waals surface area contributed by atoms with Crippen molar-refractivity contribution in [2.24, 2.45) is 5.92 Å². The number of amides is 1. The number of carbonyl (C=O) groups is 1. The van der Waals surface area contributed by atoms with Crippen LogP contribution in [0.25, 0.3) is 0 Å². The predicted octanol–water partition coefficient (Wildman–Crippen LogP) is 2.25.